The predicted octanol–water partition coefficient (Wildman–Crippen LogP) is 4.58. The van der Waals surface area contributed by atoms with Gasteiger partial charge in [-0.15, -0.1) is 0 Å². The number of carboxylic acids is 1. The molecule has 2 aliphatic rings. The number of nitrogens with zero attached hydrogens (tertiary/aromatic N) is 2. The Morgan fingerprint density at radius 1 is 1.20 bits per heavy atom. The van der Waals surface area contributed by atoms with Crippen LogP contribution in [0.1, 0.15) is 43.1 Å². The van der Waals surface area contributed by atoms with E-state index in [4.69, 9.17) is 0 Å². The van der Waals surface area contributed by atoms with E-state index in [-0.39, 0.29) is 30.8 Å². The molecule has 5 rings (SSSR count). The number of aromatic amines is 1. The quantitative estimate of drug-likeness (QED) is 0.555. The molecule has 35 heavy (non-hydrogen) atoms. The van der Waals surface area contributed by atoms with Crippen molar-refractivity contribution in [3.63, 3.8) is 0 Å². The maximum absolute atomic E-state index is 15.7. The first-order valence-corrected chi connectivity index (χ1v) is 11.6. The van der Waals surface area contributed by atoms with Gasteiger partial charge in [0, 0.05) is 53.9 Å². The zero-order valence-corrected chi connectivity index (χ0v) is 19.4. The third-order valence-electron chi connectivity index (χ3n) is 6.84. The van der Waals surface area contributed by atoms with Gasteiger partial charge >= 0.3 is 5.97 Å². The number of hydrogen-bond donors (Lipinski definition) is 2. The van der Waals surface area contributed by atoms with Gasteiger partial charge in [-0.2, -0.15) is 0 Å². The Balaban J connectivity index is 1.61. The molecule has 2 aliphatic heterocycles. The van der Waals surface area contributed by atoms with Crippen molar-refractivity contribution in [1.82, 2.24) is 9.88 Å². The molecule has 6 nitrogen and oxygen atoms in total. The summed E-state index contributed by atoms with van der Waals surface area (Å²) < 4.78 is 46.0. The molecule has 0 spiro atoms. The second kappa shape index (κ2) is 8.41. The van der Waals surface area contributed by atoms with Gasteiger partial charge in [0.15, 0.2) is 0 Å². The standard InChI is InChI=1S/C26H26F3N3O3/c1-26(2,29)13-31-8-7-17-16-5-3-4-6-20(16)30-23(17)24(31)22-18(27)10-15(11-19(22)28)32-12-14(25(34)35)9-21(32)33/h3-6,10-11,14,24,30H,7-9,12-13H2,1-2H3,(H,34,35). The Kier molecular flexibility index (Phi) is 5.62. The van der Waals surface area contributed by atoms with Gasteiger partial charge in [-0.3, -0.25) is 14.5 Å². The molecule has 2 atom stereocenters. The second-order valence-corrected chi connectivity index (χ2v) is 9.97. The molecule has 0 saturated carbocycles. The van der Waals surface area contributed by atoms with Crippen LogP contribution < -0.4 is 4.90 Å². The van der Waals surface area contributed by atoms with Crippen molar-refractivity contribution in [2.75, 3.05) is 24.5 Å². The number of carboxylic acid groups (broad SMARTS) is 1. The van der Waals surface area contributed by atoms with E-state index in [0.717, 1.165) is 33.5 Å². The number of anilines is 1. The van der Waals surface area contributed by atoms with Crippen LogP contribution in [0.2, 0.25) is 0 Å². The maximum atomic E-state index is 15.7. The molecular formula is C26H26F3N3O3. The van der Waals surface area contributed by atoms with Crippen LogP contribution in [0.5, 0.6) is 0 Å². The van der Waals surface area contributed by atoms with E-state index in [2.05, 4.69) is 4.98 Å². The van der Waals surface area contributed by atoms with Gasteiger partial charge in [-0.1, -0.05) is 18.2 Å². The number of aromatic nitrogens is 1. The fourth-order valence-corrected chi connectivity index (χ4v) is 5.38. The topological polar surface area (TPSA) is 76.6 Å². The lowest BCUT2D eigenvalue weighted by molar-refractivity contribution is -0.141. The molecule has 1 amide bonds. The van der Waals surface area contributed by atoms with Gasteiger partial charge in [0.1, 0.15) is 17.3 Å². The summed E-state index contributed by atoms with van der Waals surface area (Å²) in [6.07, 6.45) is 0.382. The van der Waals surface area contributed by atoms with Crippen LogP contribution >= 0.6 is 0 Å². The number of aliphatic carboxylic acids is 1. The third-order valence-corrected chi connectivity index (χ3v) is 6.84. The molecule has 1 fully saturated rings. The van der Waals surface area contributed by atoms with E-state index in [1.165, 1.54) is 13.8 Å². The minimum absolute atomic E-state index is 0.0254. The minimum Gasteiger partial charge on any atom is -0.481 e. The maximum Gasteiger partial charge on any atom is 0.308 e. The predicted molar refractivity (Wildman–Crippen MR) is 125 cm³/mol. The molecule has 2 unspecified atom stereocenters. The third kappa shape index (κ3) is 4.18. The highest BCUT2D eigenvalue weighted by atomic mass is 19.1. The molecule has 9 heteroatoms. The van der Waals surface area contributed by atoms with E-state index < -0.39 is 41.1 Å². The van der Waals surface area contributed by atoms with Crippen molar-refractivity contribution in [3.05, 3.63) is 64.9 Å². The zero-order chi connectivity index (χ0) is 25.1. The van der Waals surface area contributed by atoms with Crippen LogP contribution in [-0.2, 0) is 16.0 Å². The number of H-pyrrole nitrogens is 1. The highest BCUT2D eigenvalue weighted by Crippen LogP contribution is 2.42. The van der Waals surface area contributed by atoms with Crippen LogP contribution in [0.4, 0.5) is 18.9 Å². The van der Waals surface area contributed by atoms with Crippen molar-refractivity contribution >= 4 is 28.5 Å². The summed E-state index contributed by atoms with van der Waals surface area (Å²) >= 11 is 0. The van der Waals surface area contributed by atoms with Crippen molar-refractivity contribution in [3.8, 4) is 0 Å². The normalized spacial score (nSPS) is 21.1. The summed E-state index contributed by atoms with van der Waals surface area (Å²) in [7, 11) is 0. The average molecular weight is 486 g/mol. The summed E-state index contributed by atoms with van der Waals surface area (Å²) in [4.78, 5) is 29.8. The second-order valence-electron chi connectivity index (χ2n) is 9.97. The number of fused-ring (bicyclic) bond motifs is 3. The summed E-state index contributed by atoms with van der Waals surface area (Å²) in [5.74, 6) is -4.30. The van der Waals surface area contributed by atoms with Crippen LogP contribution in [0, 0.1) is 17.6 Å². The SMILES string of the molecule is CC(C)(F)CN1CCc2c([nH]c3ccccc23)C1c1c(F)cc(N2CC(C(=O)O)CC2=O)cc1F. The first-order chi connectivity index (χ1) is 16.5. The van der Waals surface area contributed by atoms with Crippen LogP contribution in [0.25, 0.3) is 10.9 Å². The summed E-state index contributed by atoms with van der Waals surface area (Å²) in [6, 6.07) is 8.85. The van der Waals surface area contributed by atoms with Gasteiger partial charge in [-0.25, -0.2) is 13.2 Å². The number of benzene rings is 2. The number of alkyl halides is 1. The number of para-hydroxylation sites is 1. The molecule has 1 aromatic heterocycles. The molecule has 184 valence electrons. The fourth-order valence-electron chi connectivity index (χ4n) is 5.38. The van der Waals surface area contributed by atoms with Gasteiger partial charge in [0.25, 0.3) is 0 Å². The highest BCUT2D eigenvalue weighted by Gasteiger charge is 2.39. The zero-order valence-electron chi connectivity index (χ0n) is 19.4. The molecule has 0 bridgehead atoms. The number of hydrogen-bond acceptors (Lipinski definition) is 3. The lowest BCUT2D eigenvalue weighted by Gasteiger charge is -2.38. The molecule has 1 saturated heterocycles. The van der Waals surface area contributed by atoms with E-state index in [1.54, 1.807) is 4.90 Å². The van der Waals surface area contributed by atoms with Gasteiger partial charge in [0.05, 0.1) is 12.0 Å². The Bertz CT molecular complexity index is 1310. The molecule has 3 aromatic rings. The van der Waals surface area contributed by atoms with Gasteiger partial charge < -0.3 is 15.0 Å². The molecular weight excluding hydrogens is 459 g/mol. The number of nitrogens with one attached hydrogen (secondary N) is 1. The van der Waals surface area contributed by atoms with Gasteiger partial charge in [-0.05, 0) is 44.0 Å². The van der Waals surface area contributed by atoms with Crippen LogP contribution in [0.3, 0.4) is 0 Å². The largest absolute Gasteiger partial charge is 0.481 e. The number of rotatable bonds is 5. The molecule has 0 radical (unpaired) electrons. The first-order valence-electron chi connectivity index (χ1n) is 11.6. The van der Waals surface area contributed by atoms with Crippen molar-refractivity contribution in [1.29, 1.82) is 0 Å². The minimum atomic E-state index is -1.59. The Labute approximate surface area is 200 Å². The van der Waals surface area contributed by atoms with Crippen LogP contribution in [0.15, 0.2) is 36.4 Å². The molecule has 2 aromatic carbocycles. The highest BCUT2D eigenvalue weighted by molar-refractivity contribution is 5.99. The van der Waals surface area contributed by atoms with Crippen molar-refractivity contribution in [2.24, 2.45) is 5.92 Å². The lowest BCUT2D eigenvalue weighted by Crippen LogP contribution is -2.43. The van der Waals surface area contributed by atoms with E-state index in [0.29, 0.717) is 18.7 Å². The van der Waals surface area contributed by atoms with E-state index in [9.17, 15) is 19.1 Å². The number of halogens is 3. The summed E-state index contributed by atoms with van der Waals surface area (Å²) in [6.45, 7) is 3.09. The van der Waals surface area contributed by atoms with E-state index >= 15 is 8.78 Å². The molecule has 0 aliphatic carbocycles. The Morgan fingerprint density at radius 2 is 1.89 bits per heavy atom. The Morgan fingerprint density at radius 3 is 2.51 bits per heavy atom. The molecule has 3 heterocycles. The number of carbonyl (C=O) groups is 2. The van der Waals surface area contributed by atoms with Crippen molar-refractivity contribution in [2.45, 2.75) is 38.4 Å². The number of carbonyl (C=O) groups excluding carboxylic acids is 1. The number of amides is 1. The monoisotopic (exact) mass is 485 g/mol. The van der Waals surface area contributed by atoms with Gasteiger partial charge in [0.2, 0.25) is 5.91 Å². The fraction of sp³-hybridized carbons (Fsp3) is 0.385. The Hall–Kier alpha value is -3.33. The average Bonchev–Trinajstić information content (AvgIpc) is 3.34. The van der Waals surface area contributed by atoms with Crippen LogP contribution in [-0.4, -0.2) is 52.2 Å². The molecule has 2 N–H and O–H groups in total. The van der Waals surface area contributed by atoms with Crippen molar-refractivity contribution < 1.29 is 27.9 Å². The summed E-state index contributed by atoms with van der Waals surface area (Å²) in [5, 5.41) is 10.2. The van der Waals surface area contributed by atoms with E-state index in [1.807, 2.05) is 24.3 Å². The first kappa shape index (κ1) is 23.4. The lowest BCUT2D eigenvalue weighted by atomic mass is 9.90. The smallest absolute Gasteiger partial charge is 0.308 e. The summed E-state index contributed by atoms with van der Waals surface area (Å²) in [5.41, 5.74) is 0.552.